The minimum Gasteiger partial charge on any atom is -0.481 e. The monoisotopic (exact) mass is 1050 g/mol. The third-order valence-electron chi connectivity index (χ3n) is 14.0. The largest absolute Gasteiger partial charge is 0.481 e. The van der Waals surface area contributed by atoms with Crippen LogP contribution in [0.3, 0.4) is 0 Å². The Kier molecular flexibility index (Phi) is 16.5. The lowest BCUT2D eigenvalue weighted by Crippen LogP contribution is -2.52. The van der Waals surface area contributed by atoms with E-state index in [9.17, 15) is 58.2 Å². The summed E-state index contributed by atoms with van der Waals surface area (Å²) in [5.74, 6) is -6.68. The van der Waals surface area contributed by atoms with Crippen LogP contribution >= 0.6 is 0 Å². The molecule has 1 aliphatic carbocycles. The molecule has 4 aliphatic rings. The summed E-state index contributed by atoms with van der Waals surface area (Å²) in [7, 11) is 0. The number of cyclic esters (lactones) is 1. The van der Waals surface area contributed by atoms with Gasteiger partial charge in [-0.25, -0.2) is 14.2 Å². The number of hydrogen-bond donors (Lipinski definition) is 7. The van der Waals surface area contributed by atoms with Crippen LogP contribution in [0.25, 0.3) is 22.3 Å². The number of unbranched alkanes of at least 4 members (excludes halogenated alkanes) is 2. The van der Waals surface area contributed by atoms with Crippen molar-refractivity contribution in [3.63, 3.8) is 0 Å². The molecule has 0 radical (unpaired) electrons. The number of aliphatic hydroxyl groups is 1. The van der Waals surface area contributed by atoms with Gasteiger partial charge in [-0.05, 0) is 67.3 Å². The van der Waals surface area contributed by atoms with Gasteiger partial charge >= 0.3 is 11.9 Å². The molecule has 76 heavy (non-hydrogen) atoms. The van der Waals surface area contributed by atoms with Crippen LogP contribution in [0.15, 0.2) is 59.4 Å². The summed E-state index contributed by atoms with van der Waals surface area (Å²) < 4.78 is 27.5. The molecule has 8 rings (SSSR count). The lowest BCUT2D eigenvalue weighted by atomic mass is 9.81. The quantitative estimate of drug-likeness (QED) is 0.0273. The number of halogens is 1. The van der Waals surface area contributed by atoms with Crippen molar-refractivity contribution in [2.75, 3.05) is 32.8 Å². The standard InChI is InChI=1S/C53H57FN8O14/c1-3-53(74)34-20-39-49-32(24-62(39)51(72)33(34)26-76-52(53)73)48-36(14-13-31-28(2)35(54)21-37(60-49)47(31)48)58-42(65)23-56-50(71)38(18-29-10-6-4-7-11-29)59-41(64)22-55-43(66)27-75-25-30(19-46(69)70)57-40(63)12-8-5-9-17-61-44(67)15-16-45(61)68/h4,6-7,10-11,15-16,20-21,30,36,38,74H,3,5,8-9,12-14,17-19,22-27H2,1-2H3,(H,55,66)(H,56,71)(H,57,63)(H,58,65)(H,59,64)(H,69,70)/t30-,36-,38-,53-/m0/s1. The molecule has 0 spiro atoms. The highest BCUT2D eigenvalue weighted by molar-refractivity contribution is 6.12. The SMILES string of the molecule is CC[C@@]1(O)C(=O)OCc2c1cc1n(c2=O)Cc2c-1nc1cc(F)c(C)c3c1c2[C@@H](NC(=O)CNC(=O)[C@H](Cc1ccccc1)NC(=O)CNC(=O)COC[C@H](CC(=O)O)NC(=O)CCCCCN1C(=O)C=CC1=O)CC3. The molecule has 0 saturated carbocycles. The minimum atomic E-state index is -2.07. The van der Waals surface area contributed by atoms with E-state index in [-0.39, 0.29) is 62.2 Å². The number of carboxylic acids is 1. The first kappa shape index (κ1) is 54.1. The number of carbonyl (C=O) groups is 9. The van der Waals surface area contributed by atoms with E-state index in [0.29, 0.717) is 76.7 Å². The molecule has 4 aromatic rings. The van der Waals surface area contributed by atoms with Gasteiger partial charge in [0.05, 0.1) is 67.2 Å². The number of rotatable bonds is 23. The number of aryl methyl sites for hydroxylation is 1. The van der Waals surface area contributed by atoms with E-state index in [0.717, 1.165) is 4.90 Å². The second kappa shape index (κ2) is 23.2. The summed E-state index contributed by atoms with van der Waals surface area (Å²) in [4.78, 5) is 134. The average Bonchev–Trinajstić information content (AvgIpc) is 3.93. The molecule has 0 unspecified atom stereocenters. The van der Waals surface area contributed by atoms with Gasteiger partial charge < -0.3 is 50.8 Å². The fourth-order valence-corrected chi connectivity index (χ4v) is 10.1. The van der Waals surface area contributed by atoms with Crippen molar-refractivity contribution in [3.05, 3.63) is 110 Å². The molecule has 23 heteroatoms. The predicted octanol–water partition coefficient (Wildman–Crippen LogP) is 1.05. The number of esters is 1. The third-order valence-corrected chi connectivity index (χ3v) is 14.0. The first-order valence-electron chi connectivity index (χ1n) is 25.0. The molecule has 2 aromatic heterocycles. The number of carboxylic acid groups (broad SMARTS) is 1. The third kappa shape index (κ3) is 11.7. The van der Waals surface area contributed by atoms with E-state index in [1.165, 1.54) is 22.8 Å². The number of carbonyl (C=O) groups excluding carboxylic acids is 8. The Labute approximate surface area is 433 Å². The number of benzene rings is 2. The molecule has 0 saturated heterocycles. The molecular weight excluding hydrogens is 992 g/mol. The van der Waals surface area contributed by atoms with E-state index in [4.69, 9.17) is 14.5 Å². The lowest BCUT2D eigenvalue weighted by Gasteiger charge is -2.31. The topological polar surface area (TPSA) is 311 Å². The number of pyridine rings is 2. The zero-order chi connectivity index (χ0) is 54.4. The molecule has 4 atom stereocenters. The van der Waals surface area contributed by atoms with Gasteiger partial charge in [-0.3, -0.25) is 48.1 Å². The maximum absolute atomic E-state index is 15.5. The number of hydrogen-bond acceptors (Lipinski definition) is 14. The number of aliphatic carboxylic acids is 1. The van der Waals surface area contributed by atoms with E-state index in [2.05, 4.69) is 26.6 Å². The van der Waals surface area contributed by atoms with Crippen molar-refractivity contribution in [3.8, 4) is 11.4 Å². The summed E-state index contributed by atoms with van der Waals surface area (Å²) in [6.45, 7) is 1.08. The number of aromatic nitrogens is 2. The van der Waals surface area contributed by atoms with Crippen LogP contribution < -0.4 is 32.1 Å². The fraction of sp³-hybridized carbons (Fsp3) is 0.415. The van der Waals surface area contributed by atoms with E-state index < -0.39 is 115 Å². The van der Waals surface area contributed by atoms with Crippen molar-refractivity contribution >= 4 is 64.2 Å². The zero-order valence-electron chi connectivity index (χ0n) is 41.8. The van der Waals surface area contributed by atoms with Crippen molar-refractivity contribution in [2.45, 2.75) is 109 Å². The van der Waals surface area contributed by atoms with Crippen LogP contribution in [-0.4, -0.2) is 123 Å². The number of fused-ring (bicyclic) bond motifs is 5. The van der Waals surface area contributed by atoms with Crippen molar-refractivity contribution in [1.82, 2.24) is 41.0 Å². The van der Waals surface area contributed by atoms with Gasteiger partial charge in [0.2, 0.25) is 29.5 Å². The summed E-state index contributed by atoms with van der Waals surface area (Å²) >= 11 is 0. The van der Waals surface area contributed by atoms with Crippen molar-refractivity contribution in [2.24, 2.45) is 0 Å². The highest BCUT2D eigenvalue weighted by Crippen LogP contribution is 2.46. The van der Waals surface area contributed by atoms with Gasteiger partial charge in [0.1, 0.15) is 25.1 Å². The molecule has 7 N–H and O–H groups in total. The molecule has 400 valence electrons. The minimum absolute atomic E-state index is 0.00185. The van der Waals surface area contributed by atoms with Crippen molar-refractivity contribution < 1.29 is 67.2 Å². The molecule has 22 nitrogen and oxygen atoms in total. The van der Waals surface area contributed by atoms with E-state index >= 15 is 4.39 Å². The van der Waals surface area contributed by atoms with Gasteiger partial charge in [-0.2, -0.15) is 0 Å². The number of ether oxygens (including phenoxy) is 2. The molecular formula is C53H57FN8O14. The van der Waals surface area contributed by atoms with Crippen LogP contribution in [0.1, 0.15) is 96.9 Å². The number of nitrogens with zero attached hydrogens (tertiary/aromatic N) is 3. The highest BCUT2D eigenvalue weighted by atomic mass is 19.1. The first-order valence-corrected chi connectivity index (χ1v) is 25.0. The summed E-state index contributed by atoms with van der Waals surface area (Å²) in [5, 5.41) is 34.5. The van der Waals surface area contributed by atoms with Crippen molar-refractivity contribution in [1.29, 1.82) is 0 Å². The summed E-state index contributed by atoms with van der Waals surface area (Å²) in [6.07, 6.45) is 3.94. The van der Waals surface area contributed by atoms with Crippen LogP contribution in [0, 0.1) is 12.7 Å². The van der Waals surface area contributed by atoms with Gasteiger partial charge in [-0.15, -0.1) is 0 Å². The Balaban J connectivity index is 0.866. The second-order valence-corrected chi connectivity index (χ2v) is 19.1. The Bertz CT molecular complexity index is 3120. The molecule has 2 aromatic carbocycles. The molecule has 0 bridgehead atoms. The molecule has 7 amide bonds. The van der Waals surface area contributed by atoms with E-state index in [1.807, 2.05) is 0 Å². The Morgan fingerprint density at radius 2 is 1.64 bits per heavy atom. The van der Waals surface area contributed by atoms with Gasteiger partial charge in [-0.1, -0.05) is 43.7 Å². The maximum atomic E-state index is 15.5. The Morgan fingerprint density at radius 1 is 0.908 bits per heavy atom. The van der Waals surface area contributed by atoms with Crippen LogP contribution in [-0.2, 0) is 84.2 Å². The van der Waals surface area contributed by atoms with Crippen LogP contribution in [0.5, 0.6) is 0 Å². The number of nitrogens with one attached hydrogen (secondary N) is 5. The van der Waals surface area contributed by atoms with Gasteiger partial charge in [0.15, 0.2) is 5.60 Å². The van der Waals surface area contributed by atoms with Crippen LogP contribution in [0.2, 0.25) is 0 Å². The smallest absolute Gasteiger partial charge is 0.343 e. The zero-order valence-corrected chi connectivity index (χ0v) is 41.8. The Morgan fingerprint density at radius 3 is 2.37 bits per heavy atom. The molecule has 3 aliphatic heterocycles. The first-order chi connectivity index (χ1) is 36.4. The van der Waals surface area contributed by atoms with Gasteiger partial charge in [0.25, 0.3) is 17.4 Å². The van der Waals surface area contributed by atoms with Gasteiger partial charge in [0, 0.05) is 54.1 Å². The normalized spacial score (nSPS) is 17.8. The van der Waals surface area contributed by atoms with Crippen LogP contribution in [0.4, 0.5) is 4.39 Å². The average molecular weight is 1050 g/mol. The van der Waals surface area contributed by atoms with E-state index in [1.54, 1.807) is 50.2 Å². The maximum Gasteiger partial charge on any atom is 0.343 e. The second-order valence-electron chi connectivity index (χ2n) is 19.1. The predicted molar refractivity (Wildman–Crippen MR) is 266 cm³/mol. The summed E-state index contributed by atoms with van der Waals surface area (Å²) in [5.41, 5.74) is 1.56. The molecule has 5 heterocycles. The molecule has 0 fully saturated rings. The fourth-order valence-electron chi connectivity index (χ4n) is 10.1. The lowest BCUT2D eigenvalue weighted by molar-refractivity contribution is -0.172. The highest BCUT2D eigenvalue weighted by Gasteiger charge is 2.46. The number of imide groups is 1. The summed E-state index contributed by atoms with van der Waals surface area (Å²) in [6, 6.07) is 8.68. The number of amides is 7. The Hall–Kier alpha value is -8.18.